The fourth-order valence-corrected chi connectivity index (χ4v) is 9.31. The van der Waals surface area contributed by atoms with Gasteiger partial charge in [-0.25, -0.2) is 0 Å². The summed E-state index contributed by atoms with van der Waals surface area (Å²) in [5.41, 5.74) is 0. The van der Waals surface area contributed by atoms with Crippen molar-refractivity contribution < 1.29 is 24.5 Å². The summed E-state index contributed by atoms with van der Waals surface area (Å²) in [6.45, 7) is 4.87. The molecule has 0 aromatic rings. The zero-order chi connectivity index (χ0) is 50.7. The average molecular weight is 983 g/mol. The summed E-state index contributed by atoms with van der Waals surface area (Å²) in [5.74, 6) is -0.0677. The highest BCUT2D eigenvalue weighted by Gasteiger charge is 2.18. The predicted molar refractivity (Wildman–Crippen MR) is 306 cm³/mol. The number of hydrogen-bond acceptors (Lipinski definition) is 5. The number of carbonyl (C=O) groups is 2. The molecule has 0 radical (unpaired) electrons. The quantitative estimate of drug-likeness (QED) is 0.0321. The van der Waals surface area contributed by atoms with Gasteiger partial charge in [-0.15, -0.1) is 0 Å². The highest BCUT2D eigenvalue weighted by molar-refractivity contribution is 5.76. The van der Waals surface area contributed by atoms with Crippen molar-refractivity contribution in [1.29, 1.82) is 0 Å². The Balaban J connectivity index is 3.40. The number of nitrogens with one attached hydrogen (secondary N) is 1. The van der Waals surface area contributed by atoms with Crippen LogP contribution in [0.3, 0.4) is 0 Å². The van der Waals surface area contributed by atoms with E-state index in [1.165, 1.54) is 244 Å². The number of aliphatic hydroxyl groups excluding tert-OH is 2. The van der Waals surface area contributed by atoms with Crippen LogP contribution in [0, 0.1) is 0 Å². The Bertz CT molecular complexity index is 1180. The molecule has 410 valence electrons. The third kappa shape index (κ3) is 55.1. The van der Waals surface area contributed by atoms with Crippen molar-refractivity contribution in [3.8, 4) is 0 Å². The second-order valence-electron chi connectivity index (χ2n) is 21.0. The predicted octanol–water partition coefficient (Wildman–Crippen LogP) is 19.4. The van der Waals surface area contributed by atoms with Crippen molar-refractivity contribution in [2.75, 3.05) is 13.2 Å². The second kappa shape index (κ2) is 59.4. The fraction of sp³-hybridized carbons (Fsp3) is 0.844. The lowest BCUT2D eigenvalue weighted by Crippen LogP contribution is -2.45. The summed E-state index contributed by atoms with van der Waals surface area (Å²) >= 11 is 0. The summed E-state index contributed by atoms with van der Waals surface area (Å²) in [6, 6.07) is -0.629. The maximum atomic E-state index is 12.4. The maximum absolute atomic E-state index is 12.4. The van der Waals surface area contributed by atoms with Crippen molar-refractivity contribution in [2.24, 2.45) is 0 Å². The van der Waals surface area contributed by atoms with Crippen LogP contribution in [0.4, 0.5) is 0 Å². The number of hydrogen-bond donors (Lipinski definition) is 3. The topological polar surface area (TPSA) is 95.9 Å². The first-order valence-corrected chi connectivity index (χ1v) is 30.9. The van der Waals surface area contributed by atoms with Crippen molar-refractivity contribution in [2.45, 2.75) is 334 Å². The molecule has 70 heavy (non-hydrogen) atoms. The summed E-state index contributed by atoms with van der Waals surface area (Å²) in [6.07, 6.45) is 75.8. The number of carbonyl (C=O) groups excluding carboxylic acids is 2. The van der Waals surface area contributed by atoms with Crippen LogP contribution in [0.1, 0.15) is 322 Å². The van der Waals surface area contributed by atoms with Crippen molar-refractivity contribution in [3.63, 3.8) is 0 Å². The molecule has 2 atom stereocenters. The monoisotopic (exact) mass is 982 g/mol. The molecule has 2 unspecified atom stereocenters. The van der Waals surface area contributed by atoms with Crippen LogP contribution in [-0.2, 0) is 14.3 Å². The van der Waals surface area contributed by atoms with E-state index in [1.807, 2.05) is 6.08 Å². The molecule has 0 aliphatic rings. The van der Waals surface area contributed by atoms with Gasteiger partial charge in [0, 0.05) is 12.8 Å². The van der Waals surface area contributed by atoms with E-state index in [4.69, 9.17) is 4.74 Å². The number of aliphatic hydroxyl groups is 2. The summed E-state index contributed by atoms with van der Waals surface area (Å²) in [5, 5.41) is 23.0. The Morgan fingerprint density at radius 3 is 1.13 bits per heavy atom. The lowest BCUT2D eigenvalue weighted by atomic mass is 10.0. The molecule has 6 nitrogen and oxygen atoms in total. The highest BCUT2D eigenvalue weighted by Crippen LogP contribution is 2.16. The zero-order valence-corrected chi connectivity index (χ0v) is 46.7. The van der Waals surface area contributed by atoms with Gasteiger partial charge in [-0.1, -0.05) is 268 Å². The van der Waals surface area contributed by atoms with E-state index >= 15 is 0 Å². The van der Waals surface area contributed by atoms with Crippen LogP contribution in [-0.4, -0.2) is 47.4 Å². The van der Waals surface area contributed by atoms with Gasteiger partial charge in [0.15, 0.2) is 0 Å². The molecular formula is C64H119NO5. The molecule has 0 spiro atoms. The normalized spacial score (nSPS) is 12.9. The summed E-state index contributed by atoms with van der Waals surface area (Å²) < 4.78 is 5.49. The SMILES string of the molecule is CCCCC/C=C\C/C=C\CCCCCCCCCC(=O)OCCCCCCCCCCCCCC/C=C\CCCCCCCCCCCC(=O)NC(CO)C(O)/C=C/CCCCCCCCCCC. The van der Waals surface area contributed by atoms with Gasteiger partial charge in [0.05, 0.1) is 25.4 Å². The van der Waals surface area contributed by atoms with Gasteiger partial charge >= 0.3 is 5.97 Å². The van der Waals surface area contributed by atoms with Crippen LogP contribution < -0.4 is 5.32 Å². The molecule has 0 aliphatic carbocycles. The minimum atomic E-state index is -0.845. The smallest absolute Gasteiger partial charge is 0.305 e. The number of amides is 1. The minimum absolute atomic E-state index is 0.00482. The standard InChI is InChI=1S/C64H119NO5/c1-3-5-7-9-11-13-15-16-17-27-31-34-38-42-46-50-54-58-64(69)70-59-55-51-47-43-39-35-32-29-26-24-22-20-18-19-21-23-25-28-30-33-37-41-45-49-53-57-63(68)65-61(60-66)62(67)56-52-48-44-40-36-14-12-10-8-6-4-2/h11,13,16-17,19,21,52,56,61-62,66-67H,3-10,12,14-15,18,20,22-51,53-55,57-60H2,1-2H3,(H,65,68)/b13-11-,17-16-,21-19-,56-52+. The first-order valence-electron chi connectivity index (χ1n) is 30.9. The van der Waals surface area contributed by atoms with Gasteiger partial charge in [0.2, 0.25) is 5.91 Å². The Morgan fingerprint density at radius 2 is 0.714 bits per heavy atom. The number of esters is 1. The molecule has 0 saturated heterocycles. The minimum Gasteiger partial charge on any atom is -0.466 e. The largest absolute Gasteiger partial charge is 0.466 e. The molecule has 0 rings (SSSR count). The fourth-order valence-electron chi connectivity index (χ4n) is 9.31. The Labute approximate surface area is 436 Å². The van der Waals surface area contributed by atoms with Crippen LogP contribution in [0.25, 0.3) is 0 Å². The molecule has 0 bridgehead atoms. The second-order valence-corrected chi connectivity index (χ2v) is 21.0. The van der Waals surface area contributed by atoms with Gasteiger partial charge < -0.3 is 20.3 Å². The van der Waals surface area contributed by atoms with Gasteiger partial charge in [-0.3, -0.25) is 9.59 Å². The average Bonchev–Trinajstić information content (AvgIpc) is 3.36. The zero-order valence-electron chi connectivity index (χ0n) is 46.7. The van der Waals surface area contributed by atoms with Crippen LogP contribution in [0.15, 0.2) is 48.6 Å². The lowest BCUT2D eigenvalue weighted by Gasteiger charge is -2.20. The molecule has 3 N–H and O–H groups in total. The third-order valence-electron chi connectivity index (χ3n) is 14.1. The van der Waals surface area contributed by atoms with E-state index in [0.29, 0.717) is 19.4 Å². The Morgan fingerprint density at radius 1 is 0.400 bits per heavy atom. The Hall–Kier alpha value is -2.18. The van der Waals surface area contributed by atoms with E-state index in [2.05, 4.69) is 55.6 Å². The Kier molecular flexibility index (Phi) is 57.5. The summed E-state index contributed by atoms with van der Waals surface area (Å²) in [7, 11) is 0. The van der Waals surface area contributed by atoms with E-state index < -0.39 is 12.1 Å². The van der Waals surface area contributed by atoms with Crippen LogP contribution in [0.2, 0.25) is 0 Å². The molecular weight excluding hydrogens is 863 g/mol. The first kappa shape index (κ1) is 67.8. The van der Waals surface area contributed by atoms with E-state index in [-0.39, 0.29) is 18.5 Å². The van der Waals surface area contributed by atoms with E-state index in [9.17, 15) is 19.8 Å². The van der Waals surface area contributed by atoms with Crippen LogP contribution in [0.5, 0.6) is 0 Å². The van der Waals surface area contributed by atoms with Gasteiger partial charge in [0.25, 0.3) is 0 Å². The molecule has 6 heteroatoms. The summed E-state index contributed by atoms with van der Waals surface area (Å²) in [4.78, 5) is 24.5. The van der Waals surface area contributed by atoms with Crippen LogP contribution >= 0.6 is 0 Å². The molecule has 0 fully saturated rings. The first-order chi connectivity index (χ1) is 34.5. The number of ether oxygens (including phenoxy) is 1. The van der Waals surface area contributed by atoms with Crippen molar-refractivity contribution >= 4 is 11.9 Å². The number of unbranched alkanes of at least 4 members (excludes halogenated alkanes) is 40. The molecule has 0 aliphatic heterocycles. The van der Waals surface area contributed by atoms with Gasteiger partial charge in [-0.2, -0.15) is 0 Å². The maximum Gasteiger partial charge on any atom is 0.305 e. The van der Waals surface area contributed by atoms with Gasteiger partial charge in [0.1, 0.15) is 0 Å². The number of rotatable bonds is 57. The molecule has 0 saturated carbocycles. The van der Waals surface area contributed by atoms with E-state index in [0.717, 1.165) is 51.4 Å². The van der Waals surface area contributed by atoms with E-state index in [1.54, 1.807) is 6.08 Å². The molecule has 0 heterocycles. The van der Waals surface area contributed by atoms with Crippen molar-refractivity contribution in [1.82, 2.24) is 5.32 Å². The number of allylic oxidation sites excluding steroid dienone is 7. The molecule has 0 aromatic carbocycles. The third-order valence-corrected chi connectivity index (χ3v) is 14.1. The highest BCUT2D eigenvalue weighted by atomic mass is 16.5. The molecule has 1 amide bonds. The lowest BCUT2D eigenvalue weighted by molar-refractivity contribution is -0.143. The van der Waals surface area contributed by atoms with Gasteiger partial charge in [-0.05, 0) is 89.9 Å². The van der Waals surface area contributed by atoms with Crippen molar-refractivity contribution in [3.05, 3.63) is 48.6 Å². The molecule has 0 aromatic heterocycles.